The minimum atomic E-state index is 0.0850. The summed E-state index contributed by atoms with van der Waals surface area (Å²) in [4.78, 5) is 0. The normalized spacial score (nSPS) is 15.1. The van der Waals surface area contributed by atoms with Gasteiger partial charge in [0.1, 0.15) is 5.75 Å². The number of fused-ring (bicyclic) bond motifs is 1. The maximum Gasteiger partial charge on any atom is 0.163 e. The number of hydrogen-bond acceptors (Lipinski definition) is 4. The number of phenolic OH excluding ortho intramolecular Hbond substituents is 1. The maximum atomic E-state index is 9.55. The summed E-state index contributed by atoms with van der Waals surface area (Å²) >= 11 is 0. The van der Waals surface area contributed by atoms with Crippen LogP contribution in [0.5, 0.6) is 17.2 Å². The molecule has 0 amide bonds. The van der Waals surface area contributed by atoms with Crippen LogP contribution in [0.25, 0.3) is 0 Å². The molecule has 1 atom stereocenters. The van der Waals surface area contributed by atoms with Crippen molar-refractivity contribution >= 4 is 5.69 Å². The predicted octanol–water partition coefficient (Wildman–Crippen LogP) is 3.73. The fraction of sp³-hybridized carbons (Fsp3) is 0.294. The molecule has 2 aromatic carbocycles. The van der Waals surface area contributed by atoms with Crippen LogP contribution >= 0.6 is 0 Å². The average Bonchev–Trinajstić information content (AvgIpc) is 2.72. The summed E-state index contributed by atoms with van der Waals surface area (Å²) in [5.41, 5.74) is 2.00. The monoisotopic (exact) mass is 285 g/mol. The number of hydrogen-bond donors (Lipinski definition) is 2. The molecule has 2 aromatic rings. The zero-order valence-electron chi connectivity index (χ0n) is 12.0. The number of phenols is 1. The molecule has 0 spiro atoms. The molecule has 4 heteroatoms. The molecule has 1 unspecified atom stereocenters. The summed E-state index contributed by atoms with van der Waals surface area (Å²) in [5.74, 6) is 1.85. The zero-order chi connectivity index (χ0) is 14.7. The van der Waals surface area contributed by atoms with Crippen molar-refractivity contribution < 1.29 is 14.6 Å². The first-order valence-electron chi connectivity index (χ1n) is 7.17. The molecule has 1 aliphatic heterocycles. The van der Waals surface area contributed by atoms with Gasteiger partial charge in [0.05, 0.1) is 13.2 Å². The highest BCUT2D eigenvalue weighted by atomic mass is 16.5. The third-order valence-electron chi connectivity index (χ3n) is 3.50. The Kier molecular flexibility index (Phi) is 3.86. The summed E-state index contributed by atoms with van der Waals surface area (Å²) in [6.07, 6.45) is 0.900. The summed E-state index contributed by atoms with van der Waals surface area (Å²) < 4.78 is 11.3. The highest BCUT2D eigenvalue weighted by molar-refractivity contribution is 5.56. The van der Waals surface area contributed by atoms with Crippen LogP contribution in [0.4, 0.5) is 5.69 Å². The van der Waals surface area contributed by atoms with Crippen molar-refractivity contribution in [3.63, 3.8) is 0 Å². The van der Waals surface area contributed by atoms with E-state index in [1.807, 2.05) is 30.3 Å². The Balaban J connectivity index is 1.77. The number of nitrogens with one attached hydrogen (secondary N) is 1. The van der Waals surface area contributed by atoms with E-state index in [1.165, 1.54) is 0 Å². The number of rotatable bonds is 3. The number of aromatic hydroxyl groups is 1. The van der Waals surface area contributed by atoms with Gasteiger partial charge in [-0.1, -0.05) is 12.1 Å². The second-order valence-electron chi connectivity index (χ2n) is 5.17. The van der Waals surface area contributed by atoms with E-state index in [0.29, 0.717) is 13.2 Å². The molecule has 0 bridgehead atoms. The van der Waals surface area contributed by atoms with Crippen LogP contribution < -0.4 is 14.8 Å². The van der Waals surface area contributed by atoms with Crippen molar-refractivity contribution in [2.24, 2.45) is 0 Å². The smallest absolute Gasteiger partial charge is 0.163 e. The lowest BCUT2D eigenvalue weighted by Crippen LogP contribution is -2.06. The van der Waals surface area contributed by atoms with Gasteiger partial charge in [-0.25, -0.2) is 0 Å². The van der Waals surface area contributed by atoms with Crippen LogP contribution in [-0.2, 0) is 0 Å². The predicted molar refractivity (Wildman–Crippen MR) is 82.2 cm³/mol. The Morgan fingerprint density at radius 1 is 1.05 bits per heavy atom. The van der Waals surface area contributed by atoms with Gasteiger partial charge in [0.2, 0.25) is 0 Å². The Morgan fingerprint density at radius 2 is 1.86 bits per heavy atom. The molecule has 21 heavy (non-hydrogen) atoms. The standard InChI is InChI=1S/C17H19NO3/c1-12(13-4-2-5-15(19)10-13)18-14-6-7-16-17(11-14)21-9-3-8-20-16/h2,4-7,10-12,18-19H,3,8-9H2,1H3. The van der Waals surface area contributed by atoms with Gasteiger partial charge in [0, 0.05) is 24.2 Å². The van der Waals surface area contributed by atoms with Crippen LogP contribution in [0.3, 0.4) is 0 Å². The fourth-order valence-electron chi connectivity index (χ4n) is 2.38. The Labute approximate surface area is 124 Å². The largest absolute Gasteiger partial charge is 0.508 e. The second kappa shape index (κ2) is 5.95. The van der Waals surface area contributed by atoms with Gasteiger partial charge in [0.15, 0.2) is 11.5 Å². The Morgan fingerprint density at radius 3 is 2.67 bits per heavy atom. The van der Waals surface area contributed by atoms with Gasteiger partial charge in [-0.3, -0.25) is 0 Å². The molecule has 3 rings (SSSR count). The van der Waals surface area contributed by atoms with Gasteiger partial charge < -0.3 is 19.9 Å². The lowest BCUT2D eigenvalue weighted by molar-refractivity contribution is 0.297. The molecule has 0 saturated carbocycles. The van der Waals surface area contributed by atoms with Gasteiger partial charge in [-0.2, -0.15) is 0 Å². The van der Waals surface area contributed by atoms with Gasteiger partial charge in [-0.15, -0.1) is 0 Å². The first-order valence-corrected chi connectivity index (χ1v) is 7.17. The second-order valence-corrected chi connectivity index (χ2v) is 5.17. The van der Waals surface area contributed by atoms with Gasteiger partial charge >= 0.3 is 0 Å². The van der Waals surface area contributed by atoms with E-state index in [1.54, 1.807) is 12.1 Å². The van der Waals surface area contributed by atoms with E-state index < -0.39 is 0 Å². The molecule has 2 N–H and O–H groups in total. The SMILES string of the molecule is CC(Nc1ccc2c(c1)OCCCO2)c1cccc(O)c1. The van der Waals surface area contributed by atoms with Gasteiger partial charge in [-0.05, 0) is 36.8 Å². The van der Waals surface area contributed by atoms with E-state index in [2.05, 4.69) is 12.2 Å². The molecule has 4 nitrogen and oxygen atoms in total. The summed E-state index contributed by atoms with van der Waals surface area (Å²) in [6.45, 7) is 3.43. The number of benzene rings is 2. The van der Waals surface area contributed by atoms with Crippen molar-refractivity contribution in [3.05, 3.63) is 48.0 Å². The van der Waals surface area contributed by atoms with E-state index in [0.717, 1.165) is 29.2 Å². The van der Waals surface area contributed by atoms with Crippen LogP contribution in [0, 0.1) is 0 Å². The first kappa shape index (κ1) is 13.6. The molecule has 0 radical (unpaired) electrons. The zero-order valence-corrected chi connectivity index (χ0v) is 12.0. The quantitative estimate of drug-likeness (QED) is 0.902. The average molecular weight is 285 g/mol. The molecule has 0 fully saturated rings. The molecule has 0 aliphatic carbocycles. The topological polar surface area (TPSA) is 50.7 Å². The minimum Gasteiger partial charge on any atom is -0.508 e. The van der Waals surface area contributed by atoms with Crippen molar-refractivity contribution in [1.29, 1.82) is 0 Å². The highest BCUT2D eigenvalue weighted by Gasteiger charge is 2.12. The first-order chi connectivity index (χ1) is 10.2. The lowest BCUT2D eigenvalue weighted by Gasteiger charge is -2.17. The number of anilines is 1. The van der Waals surface area contributed by atoms with Crippen LogP contribution in [0.1, 0.15) is 24.9 Å². The van der Waals surface area contributed by atoms with E-state index in [4.69, 9.17) is 9.47 Å². The molecular weight excluding hydrogens is 266 g/mol. The van der Waals surface area contributed by atoms with Crippen LogP contribution in [0.15, 0.2) is 42.5 Å². The molecule has 1 aliphatic rings. The molecular formula is C17H19NO3. The van der Waals surface area contributed by atoms with Crippen molar-refractivity contribution in [3.8, 4) is 17.2 Å². The van der Waals surface area contributed by atoms with E-state index in [-0.39, 0.29) is 11.8 Å². The highest BCUT2D eigenvalue weighted by Crippen LogP contribution is 2.33. The van der Waals surface area contributed by atoms with E-state index in [9.17, 15) is 5.11 Å². The summed E-state index contributed by atoms with van der Waals surface area (Å²) in [6, 6.07) is 13.2. The summed E-state index contributed by atoms with van der Waals surface area (Å²) in [5, 5.41) is 13.0. The minimum absolute atomic E-state index is 0.0850. The lowest BCUT2D eigenvalue weighted by atomic mass is 10.1. The summed E-state index contributed by atoms with van der Waals surface area (Å²) in [7, 11) is 0. The van der Waals surface area contributed by atoms with Crippen molar-refractivity contribution in [1.82, 2.24) is 0 Å². The fourth-order valence-corrected chi connectivity index (χ4v) is 2.38. The van der Waals surface area contributed by atoms with Crippen LogP contribution in [-0.4, -0.2) is 18.3 Å². The van der Waals surface area contributed by atoms with Crippen LogP contribution in [0.2, 0.25) is 0 Å². The molecule has 0 aromatic heterocycles. The third kappa shape index (κ3) is 3.21. The molecule has 0 saturated heterocycles. The molecule has 110 valence electrons. The maximum absolute atomic E-state index is 9.55. The Hall–Kier alpha value is -2.36. The Bertz CT molecular complexity index is 627. The van der Waals surface area contributed by atoms with E-state index >= 15 is 0 Å². The van der Waals surface area contributed by atoms with Crippen molar-refractivity contribution in [2.75, 3.05) is 18.5 Å². The third-order valence-corrected chi connectivity index (χ3v) is 3.50. The van der Waals surface area contributed by atoms with Crippen molar-refractivity contribution in [2.45, 2.75) is 19.4 Å². The van der Waals surface area contributed by atoms with Gasteiger partial charge in [0.25, 0.3) is 0 Å². The molecule has 1 heterocycles. The number of ether oxygens (including phenoxy) is 2.